The Morgan fingerprint density at radius 3 is 2.79 bits per heavy atom. The molecule has 14 heavy (non-hydrogen) atoms. The van der Waals surface area contributed by atoms with E-state index in [9.17, 15) is 4.79 Å². The molecule has 1 amide bonds. The second kappa shape index (κ2) is 3.43. The number of carbonyl (C=O) groups is 1. The first-order valence-corrected chi connectivity index (χ1v) is 6.24. The van der Waals surface area contributed by atoms with Gasteiger partial charge in [-0.1, -0.05) is 43.5 Å². The lowest BCUT2D eigenvalue weighted by Gasteiger charge is -2.10. The highest BCUT2D eigenvalue weighted by molar-refractivity contribution is 9.25. The first kappa shape index (κ1) is 10.9. The molecule has 2 rings (SSSR count). The maximum Gasteiger partial charge on any atom is 0.258 e. The SMILES string of the molecule is O=C1Nc2nc(Cl)c(Br)cc2C1(Br)Br. The summed E-state index contributed by atoms with van der Waals surface area (Å²) >= 11 is 15.6. The predicted molar refractivity (Wildman–Crippen MR) is 65.1 cm³/mol. The second-order valence-electron chi connectivity index (χ2n) is 2.69. The third-order valence-electron chi connectivity index (χ3n) is 1.79. The van der Waals surface area contributed by atoms with Crippen molar-refractivity contribution in [2.75, 3.05) is 5.32 Å². The molecule has 0 atom stereocenters. The summed E-state index contributed by atoms with van der Waals surface area (Å²) in [6.07, 6.45) is 0. The van der Waals surface area contributed by atoms with Crippen LogP contribution in [0.5, 0.6) is 0 Å². The summed E-state index contributed by atoms with van der Waals surface area (Å²) in [5, 5.41) is 2.93. The van der Waals surface area contributed by atoms with Gasteiger partial charge in [-0.2, -0.15) is 0 Å². The van der Waals surface area contributed by atoms with E-state index in [1.54, 1.807) is 6.07 Å². The van der Waals surface area contributed by atoms with Gasteiger partial charge in [-0.25, -0.2) is 4.98 Å². The molecule has 0 spiro atoms. The highest BCUT2D eigenvalue weighted by Crippen LogP contribution is 2.48. The number of anilines is 1. The second-order valence-corrected chi connectivity index (χ2v) is 7.34. The molecule has 1 aromatic rings. The maximum absolute atomic E-state index is 11.5. The van der Waals surface area contributed by atoms with Crippen LogP contribution in [-0.4, -0.2) is 10.9 Å². The fraction of sp³-hybridized carbons (Fsp3) is 0.143. The summed E-state index contributed by atoms with van der Waals surface area (Å²) in [5.41, 5.74) is 0.707. The normalized spacial score (nSPS) is 17.9. The largest absolute Gasteiger partial charge is 0.308 e. The summed E-state index contributed by atoms with van der Waals surface area (Å²) in [6, 6.07) is 1.74. The van der Waals surface area contributed by atoms with Crippen LogP contribution in [0, 0.1) is 0 Å². The Labute approximate surface area is 110 Å². The van der Waals surface area contributed by atoms with Crippen molar-refractivity contribution in [1.29, 1.82) is 0 Å². The topological polar surface area (TPSA) is 42.0 Å². The van der Waals surface area contributed by atoms with Gasteiger partial charge in [0.15, 0.2) is 3.23 Å². The molecule has 0 bridgehead atoms. The van der Waals surface area contributed by atoms with Gasteiger partial charge in [0.1, 0.15) is 11.0 Å². The lowest BCUT2D eigenvalue weighted by atomic mass is 10.2. The van der Waals surface area contributed by atoms with Gasteiger partial charge in [-0.05, 0) is 22.0 Å². The summed E-state index contributed by atoms with van der Waals surface area (Å²) in [7, 11) is 0. The van der Waals surface area contributed by atoms with Crippen molar-refractivity contribution in [2.24, 2.45) is 0 Å². The van der Waals surface area contributed by atoms with Crippen molar-refractivity contribution in [3.8, 4) is 0 Å². The molecule has 0 saturated heterocycles. The quantitative estimate of drug-likeness (QED) is 0.531. The van der Waals surface area contributed by atoms with E-state index in [0.717, 1.165) is 0 Å². The number of hydrogen-bond donors (Lipinski definition) is 1. The number of nitrogens with zero attached hydrogens (tertiary/aromatic N) is 1. The lowest BCUT2D eigenvalue weighted by molar-refractivity contribution is -0.115. The van der Waals surface area contributed by atoms with Crippen molar-refractivity contribution in [3.05, 3.63) is 21.3 Å². The molecule has 1 aliphatic rings. The molecule has 0 aliphatic carbocycles. The van der Waals surface area contributed by atoms with Gasteiger partial charge in [0, 0.05) is 5.56 Å². The summed E-state index contributed by atoms with van der Waals surface area (Å²) in [4.78, 5) is 15.5. The molecule has 3 nitrogen and oxygen atoms in total. The summed E-state index contributed by atoms with van der Waals surface area (Å²) < 4.78 is -0.257. The van der Waals surface area contributed by atoms with E-state index in [-0.39, 0.29) is 5.91 Å². The molecule has 0 fully saturated rings. The van der Waals surface area contributed by atoms with Crippen LogP contribution in [-0.2, 0) is 8.03 Å². The molecule has 0 radical (unpaired) electrons. The van der Waals surface area contributed by atoms with E-state index in [1.807, 2.05) is 0 Å². The van der Waals surface area contributed by atoms with E-state index in [4.69, 9.17) is 11.6 Å². The maximum atomic E-state index is 11.5. The molecular weight excluding hydrogens is 403 g/mol. The van der Waals surface area contributed by atoms with Crippen LogP contribution in [0.1, 0.15) is 5.56 Å². The molecule has 1 aliphatic heterocycles. The number of nitrogens with one attached hydrogen (secondary N) is 1. The van der Waals surface area contributed by atoms with Crippen LogP contribution in [0.15, 0.2) is 10.5 Å². The number of aromatic nitrogens is 1. The van der Waals surface area contributed by atoms with Gasteiger partial charge in [0.2, 0.25) is 0 Å². The van der Waals surface area contributed by atoms with Crippen molar-refractivity contribution < 1.29 is 4.79 Å². The van der Waals surface area contributed by atoms with E-state index in [1.165, 1.54) is 0 Å². The molecule has 1 aromatic heterocycles. The third-order valence-corrected chi connectivity index (χ3v) is 4.48. The monoisotopic (exact) mass is 402 g/mol. The zero-order chi connectivity index (χ0) is 10.5. The Bertz CT molecular complexity index is 435. The first-order chi connectivity index (χ1) is 6.43. The smallest absolute Gasteiger partial charge is 0.258 e. The Kier molecular flexibility index (Phi) is 2.66. The Balaban J connectivity index is 2.67. The predicted octanol–water partition coefficient (Wildman–Crippen LogP) is 3.39. The van der Waals surface area contributed by atoms with Crippen molar-refractivity contribution in [1.82, 2.24) is 4.98 Å². The molecule has 0 aromatic carbocycles. The third kappa shape index (κ3) is 1.52. The lowest BCUT2D eigenvalue weighted by Crippen LogP contribution is -2.20. The van der Waals surface area contributed by atoms with E-state index < -0.39 is 3.23 Å². The van der Waals surface area contributed by atoms with Gasteiger partial charge in [0.25, 0.3) is 5.91 Å². The molecule has 0 saturated carbocycles. The Morgan fingerprint density at radius 1 is 1.50 bits per heavy atom. The summed E-state index contributed by atoms with van der Waals surface area (Å²) in [5.74, 6) is 0.256. The van der Waals surface area contributed by atoms with Gasteiger partial charge in [0.05, 0.1) is 4.47 Å². The Morgan fingerprint density at radius 2 is 2.14 bits per heavy atom. The minimum absolute atomic E-state index is 0.214. The number of fused-ring (bicyclic) bond motifs is 1. The van der Waals surface area contributed by atoms with E-state index >= 15 is 0 Å². The van der Waals surface area contributed by atoms with E-state index in [0.29, 0.717) is 21.0 Å². The van der Waals surface area contributed by atoms with Gasteiger partial charge in [-0.3, -0.25) is 4.79 Å². The average molecular weight is 405 g/mol. The van der Waals surface area contributed by atoms with Crippen molar-refractivity contribution in [2.45, 2.75) is 3.23 Å². The number of pyridine rings is 1. The molecule has 2 heterocycles. The number of hydrogen-bond acceptors (Lipinski definition) is 2. The first-order valence-electron chi connectivity index (χ1n) is 3.48. The molecule has 74 valence electrons. The molecule has 7 heteroatoms. The van der Waals surface area contributed by atoms with E-state index in [2.05, 4.69) is 58.1 Å². The fourth-order valence-electron chi connectivity index (χ4n) is 1.11. The fourth-order valence-corrected chi connectivity index (χ4v) is 2.37. The van der Waals surface area contributed by atoms with Crippen molar-refractivity contribution >= 4 is 71.1 Å². The Hall–Kier alpha value is 0.350. The van der Waals surface area contributed by atoms with Gasteiger partial charge >= 0.3 is 0 Å². The average Bonchev–Trinajstić information content (AvgIpc) is 2.28. The van der Waals surface area contributed by atoms with Crippen LogP contribution in [0.25, 0.3) is 0 Å². The number of halogens is 4. The van der Waals surface area contributed by atoms with Crippen LogP contribution in [0.2, 0.25) is 5.15 Å². The number of carbonyl (C=O) groups excluding carboxylic acids is 1. The van der Waals surface area contributed by atoms with Crippen LogP contribution < -0.4 is 5.32 Å². The molecular formula is C7H2Br3ClN2O. The number of alkyl halides is 2. The zero-order valence-electron chi connectivity index (χ0n) is 6.44. The van der Waals surface area contributed by atoms with Crippen molar-refractivity contribution in [3.63, 3.8) is 0 Å². The van der Waals surface area contributed by atoms with Gasteiger partial charge < -0.3 is 5.32 Å². The minimum atomic E-state index is -0.907. The number of rotatable bonds is 0. The minimum Gasteiger partial charge on any atom is -0.308 e. The highest BCUT2D eigenvalue weighted by Gasteiger charge is 2.43. The zero-order valence-corrected chi connectivity index (χ0v) is 12.0. The molecule has 1 N–H and O–H groups in total. The standard InChI is InChI=1S/C7H2Br3ClN2O/c8-3-1-2-5(12-4(3)11)13-6(14)7(2,9)10/h1H,(H,12,13,14). The molecule has 0 unspecified atom stereocenters. The summed E-state index contributed by atoms with van der Waals surface area (Å²) in [6.45, 7) is 0. The highest BCUT2D eigenvalue weighted by atomic mass is 79.9. The van der Waals surface area contributed by atoms with Crippen LogP contribution >= 0.6 is 59.4 Å². The number of amides is 1. The van der Waals surface area contributed by atoms with Crippen LogP contribution in [0.3, 0.4) is 0 Å². The van der Waals surface area contributed by atoms with Crippen LogP contribution in [0.4, 0.5) is 5.82 Å². The van der Waals surface area contributed by atoms with Gasteiger partial charge in [-0.15, -0.1) is 0 Å².